The molecule has 1 aliphatic rings. The van der Waals surface area contributed by atoms with E-state index in [1.807, 2.05) is 0 Å². The summed E-state index contributed by atoms with van der Waals surface area (Å²) in [6.45, 7) is 3.51. The van der Waals surface area contributed by atoms with E-state index in [1.165, 1.54) is 41.7 Å². The monoisotopic (exact) mass is 888 g/mol. The van der Waals surface area contributed by atoms with E-state index in [1.54, 1.807) is 26.0 Å². The molecular weight excluding hydrogens is 854 g/mol. The molecule has 1 aliphatic carbocycles. The van der Waals surface area contributed by atoms with Gasteiger partial charge in [-0.05, 0) is 68.5 Å². The average molecular weight is 889 g/mol. The number of halogens is 7. The van der Waals surface area contributed by atoms with Crippen LogP contribution in [0.1, 0.15) is 67.1 Å². The van der Waals surface area contributed by atoms with Gasteiger partial charge in [-0.1, -0.05) is 30.5 Å². The first-order valence-corrected chi connectivity index (χ1v) is 20.6. The summed E-state index contributed by atoms with van der Waals surface area (Å²) in [5.74, 6) is -2.09. The number of amides is 1. The molecule has 14 nitrogen and oxygen atoms in total. The van der Waals surface area contributed by atoms with E-state index < -0.39 is 87.5 Å². The highest BCUT2D eigenvalue weighted by atomic mass is 35.5. The lowest BCUT2D eigenvalue weighted by Gasteiger charge is -2.23. The smallest absolute Gasteiger partial charge is 0.344 e. The predicted octanol–water partition coefficient (Wildman–Crippen LogP) is 6.13. The molecule has 4 aromatic heterocycles. The first kappa shape index (κ1) is 43.0. The van der Waals surface area contributed by atoms with Crippen LogP contribution in [0.2, 0.25) is 5.02 Å². The highest BCUT2D eigenvalue weighted by molar-refractivity contribution is 7.92. The number of sulfonamides is 1. The Kier molecular flexibility index (Phi) is 11.1. The number of pyridine rings is 1. The molecule has 0 fully saturated rings. The van der Waals surface area contributed by atoms with Gasteiger partial charge in [-0.25, -0.2) is 40.9 Å². The summed E-state index contributed by atoms with van der Waals surface area (Å²) in [7, 11) is -2.34. The zero-order chi connectivity index (χ0) is 44.3. The Morgan fingerprint density at radius 3 is 2.41 bits per heavy atom. The lowest BCUT2D eigenvalue weighted by molar-refractivity contribution is -0.123. The molecule has 4 heterocycles. The van der Waals surface area contributed by atoms with Crippen LogP contribution in [-0.4, -0.2) is 59.9 Å². The number of nitrogens with one attached hydrogen (secondary N) is 3. The number of hydrogen-bond donors (Lipinski definition) is 3. The number of aryl methyl sites for hydroxylation is 1. The van der Waals surface area contributed by atoms with Gasteiger partial charge in [-0.15, -0.1) is 0 Å². The number of fused-ring (bicyclic) bond motifs is 2. The summed E-state index contributed by atoms with van der Waals surface area (Å²) in [6, 6.07) is 7.41. The Balaban J connectivity index is 1.41. The summed E-state index contributed by atoms with van der Waals surface area (Å²) in [5.41, 5.74) is -2.77. The second-order valence-corrected chi connectivity index (χ2v) is 17.3. The minimum absolute atomic E-state index is 0.00321. The van der Waals surface area contributed by atoms with E-state index in [0.29, 0.717) is 16.3 Å². The van der Waals surface area contributed by atoms with Crippen LogP contribution in [0.3, 0.4) is 0 Å². The number of benzene rings is 2. The molecule has 7 rings (SSSR count). The second kappa shape index (κ2) is 15.7. The third-order valence-electron chi connectivity index (χ3n) is 10.1. The van der Waals surface area contributed by atoms with E-state index in [9.17, 15) is 35.6 Å². The summed E-state index contributed by atoms with van der Waals surface area (Å²) < 4.78 is 118. The molecule has 22 heteroatoms. The second-order valence-electron chi connectivity index (χ2n) is 15.1. The Hall–Kier alpha value is -6.14. The van der Waals surface area contributed by atoms with Crippen molar-refractivity contribution in [2.45, 2.75) is 64.1 Å². The van der Waals surface area contributed by atoms with Gasteiger partial charge < -0.3 is 5.32 Å². The standard InChI is InChI=1S/C39H35ClF6N10O4S/c1-19-12-26-32(35(43)44)51-56(34(26)39(19,45)46)17-29(57)49-28(15-20-13-21(41)16-22(42)14-20)31-24(7-6-23(48-31)10-11-38(2,3)55-18-47-50-37(55)58)25-8-9-27(40)30-33(25)54(4)52-36(30)53-61(5,59)60/h6-9,13-14,16,18-19,28,35H,12,15,17H2,1-5H3,(H,49,57)(H,50,58)(H,52,53)/t19-,28+/m1/s1. The number of alkyl halides is 4. The van der Waals surface area contributed by atoms with E-state index >= 15 is 8.78 Å². The van der Waals surface area contributed by atoms with Gasteiger partial charge in [0, 0.05) is 35.7 Å². The minimum atomic E-state index is -3.86. The van der Waals surface area contributed by atoms with Gasteiger partial charge in [0.05, 0.1) is 33.9 Å². The van der Waals surface area contributed by atoms with Crippen molar-refractivity contribution in [1.29, 1.82) is 0 Å². The van der Waals surface area contributed by atoms with Crippen molar-refractivity contribution in [3.8, 4) is 23.0 Å². The molecule has 0 radical (unpaired) electrons. The zero-order valence-corrected chi connectivity index (χ0v) is 34.4. The number of carbonyl (C=O) groups is 1. The Labute approximate surface area is 348 Å². The number of rotatable bonds is 11. The van der Waals surface area contributed by atoms with Crippen LogP contribution in [0.4, 0.5) is 32.2 Å². The van der Waals surface area contributed by atoms with E-state index in [0.717, 1.165) is 18.4 Å². The highest BCUT2D eigenvalue weighted by Crippen LogP contribution is 2.48. The number of H-pyrrole nitrogens is 1. The molecule has 0 saturated heterocycles. The number of anilines is 1. The molecule has 0 aliphatic heterocycles. The largest absolute Gasteiger partial charge is 0.346 e. The van der Waals surface area contributed by atoms with Crippen molar-refractivity contribution in [2.75, 3.05) is 11.0 Å². The maximum atomic E-state index is 15.4. The van der Waals surface area contributed by atoms with Crippen LogP contribution < -0.4 is 15.7 Å². The fourth-order valence-electron chi connectivity index (χ4n) is 7.41. The van der Waals surface area contributed by atoms with Gasteiger partial charge in [0.25, 0.3) is 12.3 Å². The van der Waals surface area contributed by atoms with Crippen LogP contribution >= 0.6 is 11.6 Å². The fourth-order valence-corrected chi connectivity index (χ4v) is 8.15. The molecule has 1 amide bonds. The maximum absolute atomic E-state index is 15.4. The third-order valence-corrected chi connectivity index (χ3v) is 11.0. The molecular formula is C39H35ClF6N10O4S. The summed E-state index contributed by atoms with van der Waals surface area (Å²) >= 11 is 6.61. The molecule has 3 N–H and O–H groups in total. The van der Waals surface area contributed by atoms with Gasteiger partial charge in [0.15, 0.2) is 5.82 Å². The SMILES string of the molecule is C[C@@H]1Cc2c(C(F)F)nn(CC(=O)N[C@@H](Cc3cc(F)cc(F)c3)c3nc(C#CC(C)(C)n4cn[nH]c4=O)ccc3-c3ccc(Cl)c4c(NS(C)(=O)=O)nn(C)c34)c2C1(F)F. The molecule has 0 unspecified atom stereocenters. The Bertz CT molecular complexity index is 2950. The van der Waals surface area contributed by atoms with Crippen molar-refractivity contribution in [2.24, 2.45) is 13.0 Å². The van der Waals surface area contributed by atoms with Crippen molar-refractivity contribution < 1.29 is 39.6 Å². The van der Waals surface area contributed by atoms with Crippen LogP contribution in [0, 0.1) is 29.4 Å². The van der Waals surface area contributed by atoms with Crippen molar-refractivity contribution in [3.63, 3.8) is 0 Å². The summed E-state index contributed by atoms with van der Waals surface area (Å²) in [6.07, 6.45) is -1.80. The van der Waals surface area contributed by atoms with Gasteiger partial charge in [0.2, 0.25) is 15.9 Å². The molecule has 6 aromatic rings. The van der Waals surface area contributed by atoms with Crippen molar-refractivity contribution >= 4 is 44.3 Å². The van der Waals surface area contributed by atoms with Gasteiger partial charge in [-0.3, -0.25) is 23.4 Å². The molecule has 0 saturated carbocycles. The number of nitrogens with zero attached hydrogens (tertiary/aromatic N) is 7. The van der Waals surface area contributed by atoms with Crippen LogP contribution in [0.5, 0.6) is 0 Å². The van der Waals surface area contributed by atoms with Crippen LogP contribution in [-0.2, 0) is 52.7 Å². The normalized spacial score (nSPS) is 15.5. The highest BCUT2D eigenvalue weighted by Gasteiger charge is 2.51. The van der Waals surface area contributed by atoms with Gasteiger partial charge in [0.1, 0.15) is 47.1 Å². The fraction of sp³-hybridized carbons (Fsp3) is 0.333. The van der Waals surface area contributed by atoms with E-state index in [2.05, 4.69) is 42.3 Å². The molecule has 0 bridgehead atoms. The van der Waals surface area contributed by atoms with Gasteiger partial charge in [-0.2, -0.15) is 24.1 Å². The number of hydrogen-bond acceptors (Lipinski definition) is 8. The van der Waals surface area contributed by atoms with Crippen LogP contribution in [0.25, 0.3) is 22.0 Å². The molecule has 2 atom stereocenters. The van der Waals surface area contributed by atoms with E-state index in [4.69, 9.17) is 16.6 Å². The number of aromatic nitrogens is 8. The van der Waals surface area contributed by atoms with Crippen LogP contribution in [0.15, 0.2) is 53.6 Å². The first-order valence-electron chi connectivity index (χ1n) is 18.3. The maximum Gasteiger partial charge on any atom is 0.344 e. The first-order chi connectivity index (χ1) is 28.5. The minimum Gasteiger partial charge on any atom is -0.346 e. The lowest BCUT2D eigenvalue weighted by atomic mass is 9.93. The van der Waals surface area contributed by atoms with Gasteiger partial charge >= 0.3 is 5.69 Å². The number of aromatic amines is 1. The average Bonchev–Trinajstić information content (AvgIpc) is 3.89. The predicted molar refractivity (Wildman–Crippen MR) is 211 cm³/mol. The molecule has 2 aromatic carbocycles. The molecule has 61 heavy (non-hydrogen) atoms. The number of carbonyl (C=O) groups excluding carboxylic acids is 1. The third kappa shape index (κ3) is 8.46. The Morgan fingerprint density at radius 2 is 1.77 bits per heavy atom. The van der Waals surface area contributed by atoms with E-state index in [-0.39, 0.29) is 56.2 Å². The van der Waals surface area contributed by atoms with Crippen molar-refractivity contribution in [3.05, 3.63) is 110 Å². The Morgan fingerprint density at radius 1 is 1.08 bits per heavy atom. The molecule has 320 valence electrons. The lowest BCUT2D eigenvalue weighted by Crippen LogP contribution is -2.35. The summed E-state index contributed by atoms with van der Waals surface area (Å²) in [5, 5.41) is 17.1. The molecule has 0 spiro atoms. The van der Waals surface area contributed by atoms with Crippen molar-refractivity contribution in [1.82, 2.24) is 44.6 Å². The topological polar surface area (TPSA) is 174 Å². The quantitative estimate of drug-likeness (QED) is 0.103. The zero-order valence-electron chi connectivity index (χ0n) is 32.8. The summed E-state index contributed by atoms with van der Waals surface area (Å²) in [4.78, 5) is 31.2.